The SMILES string of the molecule is O=C(Nc1cc(NS(=O)(=O)CCN2CCCCC2)cc(C(F)(F)F)c1)c1c[nH]c2ccccc2c1=O. The maximum Gasteiger partial charge on any atom is 0.416 e. The number of hydrogen-bond donors (Lipinski definition) is 3. The van der Waals surface area contributed by atoms with E-state index in [2.05, 4.69) is 15.0 Å². The number of piperidine rings is 1. The van der Waals surface area contributed by atoms with Crippen LogP contribution in [0.25, 0.3) is 10.9 Å². The number of aromatic amines is 1. The minimum atomic E-state index is -4.80. The fourth-order valence-corrected chi connectivity index (χ4v) is 5.20. The van der Waals surface area contributed by atoms with Gasteiger partial charge in [0.2, 0.25) is 15.5 Å². The maximum absolute atomic E-state index is 13.5. The summed E-state index contributed by atoms with van der Waals surface area (Å²) in [7, 11) is -3.95. The van der Waals surface area contributed by atoms with Gasteiger partial charge in [-0.2, -0.15) is 13.2 Å². The smallest absolute Gasteiger partial charge is 0.360 e. The van der Waals surface area contributed by atoms with Crippen LogP contribution in [-0.4, -0.2) is 49.6 Å². The summed E-state index contributed by atoms with van der Waals surface area (Å²) in [4.78, 5) is 30.3. The molecule has 4 rings (SSSR count). The molecule has 8 nitrogen and oxygen atoms in total. The van der Waals surface area contributed by atoms with Gasteiger partial charge in [0.25, 0.3) is 5.91 Å². The standard InChI is InChI=1S/C24H25F3N4O4S/c25-24(26,27)16-12-17(29-23(33)20-15-28-21-7-3-2-6-19(21)22(20)32)14-18(13-16)30-36(34,35)11-10-31-8-4-1-5-9-31/h2-3,6-7,12-15,30H,1,4-5,8-11H2,(H,28,32)(H,29,33). The van der Waals surface area contributed by atoms with Crippen molar-refractivity contribution in [2.45, 2.75) is 25.4 Å². The number of nitrogens with zero attached hydrogens (tertiary/aromatic N) is 1. The number of halogens is 3. The Bertz CT molecular complexity index is 1430. The van der Waals surface area contributed by atoms with Gasteiger partial charge in [-0.3, -0.25) is 14.3 Å². The van der Waals surface area contributed by atoms with Crippen LogP contribution < -0.4 is 15.5 Å². The zero-order chi connectivity index (χ0) is 25.9. The number of carbonyl (C=O) groups excluding carboxylic acids is 1. The zero-order valence-corrected chi connectivity index (χ0v) is 20.0. The predicted octanol–water partition coefficient (Wildman–Crippen LogP) is 4.03. The van der Waals surface area contributed by atoms with Gasteiger partial charge in [0, 0.05) is 29.3 Å². The Balaban J connectivity index is 1.57. The lowest BCUT2D eigenvalue weighted by Gasteiger charge is -2.26. The van der Waals surface area contributed by atoms with Gasteiger partial charge in [0.1, 0.15) is 5.56 Å². The molecule has 12 heteroatoms. The first kappa shape index (κ1) is 25.7. The van der Waals surface area contributed by atoms with Gasteiger partial charge in [0.15, 0.2) is 0 Å². The van der Waals surface area contributed by atoms with E-state index in [1.54, 1.807) is 18.2 Å². The first-order valence-electron chi connectivity index (χ1n) is 11.4. The number of para-hydroxylation sites is 1. The van der Waals surface area contributed by atoms with E-state index in [0.717, 1.165) is 38.4 Å². The highest BCUT2D eigenvalue weighted by Crippen LogP contribution is 2.34. The number of carbonyl (C=O) groups is 1. The van der Waals surface area contributed by atoms with Crippen molar-refractivity contribution in [3.8, 4) is 0 Å². The summed E-state index contributed by atoms with van der Waals surface area (Å²) in [5, 5.41) is 2.53. The molecule has 0 aliphatic carbocycles. The minimum absolute atomic E-state index is 0.247. The number of hydrogen-bond acceptors (Lipinski definition) is 5. The molecule has 0 saturated carbocycles. The summed E-state index contributed by atoms with van der Waals surface area (Å²) >= 11 is 0. The molecule has 0 radical (unpaired) electrons. The molecule has 2 heterocycles. The third kappa shape index (κ3) is 6.24. The Morgan fingerprint density at radius 2 is 1.72 bits per heavy atom. The van der Waals surface area contributed by atoms with Crippen molar-refractivity contribution in [3.63, 3.8) is 0 Å². The van der Waals surface area contributed by atoms with Crippen LogP contribution in [0.2, 0.25) is 0 Å². The molecule has 0 spiro atoms. The largest absolute Gasteiger partial charge is 0.416 e. The van der Waals surface area contributed by atoms with Gasteiger partial charge in [-0.15, -0.1) is 0 Å². The van der Waals surface area contributed by atoms with E-state index in [1.165, 1.54) is 12.3 Å². The lowest BCUT2D eigenvalue weighted by atomic mass is 10.1. The van der Waals surface area contributed by atoms with Gasteiger partial charge < -0.3 is 15.2 Å². The summed E-state index contributed by atoms with van der Waals surface area (Å²) < 4.78 is 67.9. The van der Waals surface area contributed by atoms with Gasteiger partial charge in [-0.1, -0.05) is 18.6 Å². The quantitative estimate of drug-likeness (QED) is 0.434. The number of sulfonamides is 1. The third-order valence-electron chi connectivity index (χ3n) is 5.95. The van der Waals surface area contributed by atoms with E-state index >= 15 is 0 Å². The van der Waals surface area contributed by atoms with Crippen LogP contribution in [0.5, 0.6) is 0 Å². The van der Waals surface area contributed by atoms with Gasteiger partial charge >= 0.3 is 6.18 Å². The van der Waals surface area contributed by atoms with Gasteiger partial charge in [-0.25, -0.2) is 8.42 Å². The van der Waals surface area contributed by atoms with E-state index in [-0.39, 0.29) is 34.6 Å². The predicted molar refractivity (Wildman–Crippen MR) is 132 cm³/mol. The Kier molecular flexibility index (Phi) is 7.36. The number of alkyl halides is 3. The van der Waals surface area contributed by atoms with Crippen molar-refractivity contribution >= 4 is 38.2 Å². The molecule has 1 aromatic heterocycles. The molecule has 1 saturated heterocycles. The second-order valence-electron chi connectivity index (χ2n) is 8.65. The number of fused-ring (bicyclic) bond motifs is 1. The lowest BCUT2D eigenvalue weighted by Crippen LogP contribution is -2.35. The first-order chi connectivity index (χ1) is 17.0. The third-order valence-corrected chi connectivity index (χ3v) is 7.22. The summed E-state index contributed by atoms with van der Waals surface area (Å²) in [6.07, 6.45) is -0.577. The summed E-state index contributed by atoms with van der Waals surface area (Å²) in [6, 6.07) is 8.92. The number of rotatable bonds is 7. The minimum Gasteiger partial charge on any atom is -0.360 e. The number of benzene rings is 2. The van der Waals surface area contributed by atoms with Gasteiger partial charge in [0.05, 0.1) is 17.0 Å². The monoisotopic (exact) mass is 522 g/mol. The average molecular weight is 523 g/mol. The number of amides is 1. The van der Waals surface area contributed by atoms with E-state index in [1.807, 2.05) is 4.90 Å². The molecule has 0 atom stereocenters. The fraction of sp³-hybridized carbons (Fsp3) is 0.333. The summed E-state index contributed by atoms with van der Waals surface area (Å²) in [6.45, 7) is 1.83. The highest BCUT2D eigenvalue weighted by atomic mass is 32.2. The van der Waals surface area contributed by atoms with E-state index in [9.17, 15) is 31.2 Å². The van der Waals surface area contributed by atoms with E-state index < -0.39 is 33.1 Å². The summed E-state index contributed by atoms with van der Waals surface area (Å²) in [5.74, 6) is -1.21. The molecular formula is C24H25F3N4O4S. The van der Waals surface area contributed by atoms with E-state index in [0.29, 0.717) is 17.6 Å². The van der Waals surface area contributed by atoms with E-state index in [4.69, 9.17) is 0 Å². The molecule has 3 aromatic rings. The second-order valence-corrected chi connectivity index (χ2v) is 10.5. The van der Waals surface area contributed by atoms with Crippen LogP contribution >= 0.6 is 0 Å². The van der Waals surface area contributed by atoms with Crippen molar-refractivity contribution in [2.75, 3.05) is 35.4 Å². The van der Waals surface area contributed by atoms with Crippen molar-refractivity contribution in [1.29, 1.82) is 0 Å². The summed E-state index contributed by atoms with van der Waals surface area (Å²) in [5.41, 5.74) is -2.19. The highest BCUT2D eigenvalue weighted by molar-refractivity contribution is 7.92. The molecular weight excluding hydrogens is 497 g/mol. The Hall–Kier alpha value is -3.38. The van der Waals surface area contributed by atoms with Crippen molar-refractivity contribution in [2.24, 2.45) is 0 Å². The number of H-pyrrole nitrogens is 1. The Labute approximate surface area is 205 Å². The fourth-order valence-electron chi connectivity index (χ4n) is 4.12. The molecule has 0 unspecified atom stereocenters. The van der Waals surface area contributed by atoms with Crippen LogP contribution in [0.15, 0.2) is 53.5 Å². The second kappa shape index (κ2) is 10.3. The van der Waals surface area contributed by atoms with Crippen LogP contribution in [0.1, 0.15) is 35.2 Å². The van der Waals surface area contributed by atoms with Crippen molar-refractivity contribution < 1.29 is 26.4 Å². The average Bonchev–Trinajstić information content (AvgIpc) is 2.83. The lowest BCUT2D eigenvalue weighted by molar-refractivity contribution is -0.137. The molecule has 0 bridgehead atoms. The molecule has 2 aromatic carbocycles. The number of likely N-dealkylation sites (tertiary alicyclic amines) is 1. The van der Waals surface area contributed by atoms with Crippen LogP contribution in [0, 0.1) is 0 Å². The van der Waals surface area contributed by atoms with Crippen LogP contribution in [-0.2, 0) is 16.2 Å². The molecule has 36 heavy (non-hydrogen) atoms. The number of nitrogens with one attached hydrogen (secondary N) is 3. The molecule has 192 valence electrons. The molecule has 1 fully saturated rings. The number of pyridine rings is 1. The highest BCUT2D eigenvalue weighted by Gasteiger charge is 2.32. The normalized spacial score (nSPS) is 15.1. The van der Waals surface area contributed by atoms with Crippen LogP contribution in [0.4, 0.5) is 24.5 Å². The Morgan fingerprint density at radius 1 is 1.03 bits per heavy atom. The topological polar surface area (TPSA) is 111 Å². The number of aromatic nitrogens is 1. The Morgan fingerprint density at radius 3 is 2.44 bits per heavy atom. The number of anilines is 2. The molecule has 3 N–H and O–H groups in total. The maximum atomic E-state index is 13.5. The van der Waals surface area contributed by atoms with Gasteiger partial charge in [-0.05, 0) is 56.3 Å². The van der Waals surface area contributed by atoms with Crippen LogP contribution in [0.3, 0.4) is 0 Å². The molecule has 1 aliphatic heterocycles. The zero-order valence-electron chi connectivity index (χ0n) is 19.2. The van der Waals surface area contributed by atoms with Crippen molar-refractivity contribution in [1.82, 2.24) is 9.88 Å². The molecule has 1 aliphatic rings. The first-order valence-corrected chi connectivity index (χ1v) is 13.0. The molecule has 1 amide bonds. The van der Waals surface area contributed by atoms with Crippen molar-refractivity contribution in [3.05, 3.63) is 70.0 Å².